The van der Waals surface area contributed by atoms with Crippen molar-refractivity contribution in [2.75, 3.05) is 14.2 Å². The number of thioether (sulfide) groups is 1. The number of carbonyl (C=O) groups is 1. The van der Waals surface area contributed by atoms with E-state index in [0.717, 1.165) is 45.5 Å². The van der Waals surface area contributed by atoms with Crippen LogP contribution in [0.25, 0.3) is 45.7 Å². The number of H-pyrrole nitrogens is 1. The number of aromatic amines is 1. The van der Waals surface area contributed by atoms with Gasteiger partial charge < -0.3 is 19.1 Å². The van der Waals surface area contributed by atoms with Crippen LogP contribution in [0.3, 0.4) is 0 Å². The van der Waals surface area contributed by atoms with E-state index in [0.29, 0.717) is 22.9 Å². The summed E-state index contributed by atoms with van der Waals surface area (Å²) < 4.78 is 12.9. The lowest BCUT2D eigenvalue weighted by atomic mass is 10.1. The van der Waals surface area contributed by atoms with Crippen molar-refractivity contribution in [3.8, 4) is 51.1 Å². The van der Waals surface area contributed by atoms with E-state index in [9.17, 15) is 9.90 Å². The molecule has 0 aliphatic rings. The van der Waals surface area contributed by atoms with Gasteiger partial charge in [-0.2, -0.15) is 0 Å². The number of carboxylic acid groups (broad SMARTS) is 1. The SMILES string of the molecule is COc1cc(OC)cc(-c2nc(S/C(=C\c3cc(-c4ccccc4)n(-c4ccccc4)c3-c3ccccc3)C(=O)O)n[nH]2)c1. The molecule has 4 aromatic carbocycles. The van der Waals surface area contributed by atoms with Crippen LogP contribution in [0, 0.1) is 0 Å². The largest absolute Gasteiger partial charge is 0.497 e. The summed E-state index contributed by atoms with van der Waals surface area (Å²) in [6, 6.07) is 37.5. The topological polar surface area (TPSA) is 102 Å². The molecule has 6 aromatic rings. The molecule has 9 heteroatoms. The Labute approximate surface area is 258 Å². The molecule has 0 atom stereocenters. The minimum atomic E-state index is -1.09. The Morgan fingerprint density at radius 1 is 0.795 bits per heavy atom. The van der Waals surface area contributed by atoms with Crippen molar-refractivity contribution in [3.05, 3.63) is 126 Å². The number of aliphatic carboxylic acids is 1. The zero-order valence-corrected chi connectivity index (χ0v) is 24.8. The highest BCUT2D eigenvalue weighted by molar-refractivity contribution is 8.04. The summed E-state index contributed by atoms with van der Waals surface area (Å²) in [5.41, 5.74) is 6.16. The second kappa shape index (κ2) is 12.8. The van der Waals surface area contributed by atoms with Gasteiger partial charge in [0.2, 0.25) is 5.16 Å². The van der Waals surface area contributed by atoms with Gasteiger partial charge in [-0.25, -0.2) is 9.78 Å². The molecule has 0 aliphatic carbocycles. The van der Waals surface area contributed by atoms with Gasteiger partial charge in [-0.05, 0) is 59.3 Å². The Hall–Kier alpha value is -5.54. The second-order valence-electron chi connectivity index (χ2n) is 9.72. The molecule has 2 aromatic heterocycles. The smallest absolute Gasteiger partial charge is 0.342 e. The van der Waals surface area contributed by atoms with Crippen LogP contribution < -0.4 is 9.47 Å². The van der Waals surface area contributed by atoms with Crippen LogP contribution >= 0.6 is 11.8 Å². The van der Waals surface area contributed by atoms with Crippen molar-refractivity contribution >= 4 is 23.8 Å². The number of carboxylic acids is 1. The minimum Gasteiger partial charge on any atom is -0.497 e. The molecule has 0 saturated heterocycles. The lowest BCUT2D eigenvalue weighted by Gasteiger charge is -2.15. The summed E-state index contributed by atoms with van der Waals surface area (Å²) >= 11 is 0.974. The average Bonchev–Trinajstić information content (AvgIpc) is 3.70. The van der Waals surface area contributed by atoms with E-state index in [1.54, 1.807) is 38.5 Å². The lowest BCUT2D eigenvalue weighted by Crippen LogP contribution is -2.00. The van der Waals surface area contributed by atoms with Crippen LogP contribution in [0.5, 0.6) is 11.5 Å². The average molecular weight is 601 g/mol. The monoisotopic (exact) mass is 600 g/mol. The fraction of sp³-hybridized carbons (Fsp3) is 0.0571. The van der Waals surface area contributed by atoms with Crippen LogP contribution in [0.1, 0.15) is 5.56 Å². The summed E-state index contributed by atoms with van der Waals surface area (Å²) in [5.74, 6) is 0.571. The predicted octanol–water partition coefficient (Wildman–Crippen LogP) is 7.83. The van der Waals surface area contributed by atoms with Gasteiger partial charge in [-0.1, -0.05) is 78.9 Å². The highest BCUT2D eigenvalue weighted by Crippen LogP contribution is 2.39. The summed E-state index contributed by atoms with van der Waals surface area (Å²) in [5, 5.41) is 17.8. The highest BCUT2D eigenvalue weighted by Gasteiger charge is 2.21. The van der Waals surface area contributed by atoms with E-state index < -0.39 is 5.97 Å². The number of methoxy groups -OCH3 is 2. The third-order valence-corrected chi connectivity index (χ3v) is 7.83. The molecule has 0 aliphatic heterocycles. The number of ether oxygens (including phenoxy) is 2. The lowest BCUT2D eigenvalue weighted by molar-refractivity contribution is -0.131. The van der Waals surface area contributed by atoms with Crippen molar-refractivity contribution < 1.29 is 19.4 Å². The minimum absolute atomic E-state index is 0.0702. The zero-order valence-electron chi connectivity index (χ0n) is 24.0. The predicted molar refractivity (Wildman–Crippen MR) is 173 cm³/mol. The Balaban J connectivity index is 1.47. The number of benzene rings is 4. The van der Waals surface area contributed by atoms with Crippen LogP contribution in [0.4, 0.5) is 0 Å². The van der Waals surface area contributed by atoms with E-state index in [-0.39, 0.29) is 10.1 Å². The number of rotatable bonds is 10. The number of nitrogens with zero attached hydrogens (tertiary/aromatic N) is 3. The second-order valence-corrected chi connectivity index (χ2v) is 10.7. The summed E-state index contributed by atoms with van der Waals surface area (Å²) in [4.78, 5) is 17.3. The fourth-order valence-electron chi connectivity index (χ4n) is 4.94. The van der Waals surface area contributed by atoms with Gasteiger partial charge in [0.05, 0.1) is 25.6 Å². The van der Waals surface area contributed by atoms with E-state index in [1.165, 1.54) is 0 Å². The zero-order chi connectivity index (χ0) is 30.5. The van der Waals surface area contributed by atoms with E-state index in [1.807, 2.05) is 97.1 Å². The van der Waals surface area contributed by atoms with Gasteiger partial charge in [0, 0.05) is 22.9 Å². The molecule has 8 nitrogen and oxygen atoms in total. The molecular weight excluding hydrogens is 572 g/mol. The van der Waals surface area contributed by atoms with E-state index in [2.05, 4.69) is 19.7 Å². The van der Waals surface area contributed by atoms with Crippen molar-refractivity contribution in [1.82, 2.24) is 19.7 Å². The normalized spacial score (nSPS) is 11.4. The van der Waals surface area contributed by atoms with Gasteiger partial charge in [-0.15, -0.1) is 5.10 Å². The quantitative estimate of drug-likeness (QED) is 0.122. The first-order valence-corrected chi connectivity index (χ1v) is 14.6. The maximum absolute atomic E-state index is 12.6. The molecule has 0 saturated carbocycles. The van der Waals surface area contributed by atoms with Crippen molar-refractivity contribution in [2.45, 2.75) is 5.16 Å². The molecule has 0 bridgehead atoms. The van der Waals surface area contributed by atoms with E-state index >= 15 is 0 Å². The molecule has 6 rings (SSSR count). The Kier molecular flexibility index (Phi) is 8.29. The van der Waals surface area contributed by atoms with Crippen LogP contribution in [-0.4, -0.2) is 45.0 Å². The summed E-state index contributed by atoms with van der Waals surface area (Å²) in [7, 11) is 3.14. The molecule has 0 spiro atoms. The Bertz CT molecular complexity index is 1910. The van der Waals surface area contributed by atoms with Gasteiger partial charge in [0.25, 0.3) is 0 Å². The number of para-hydroxylation sites is 1. The molecule has 218 valence electrons. The fourth-order valence-corrected chi connectivity index (χ4v) is 5.64. The Morgan fingerprint density at radius 2 is 1.39 bits per heavy atom. The van der Waals surface area contributed by atoms with Gasteiger partial charge >= 0.3 is 5.97 Å². The number of hydrogen-bond acceptors (Lipinski definition) is 6. The number of aromatic nitrogens is 4. The Morgan fingerprint density at radius 3 is 1.98 bits per heavy atom. The number of hydrogen-bond donors (Lipinski definition) is 2. The molecule has 0 radical (unpaired) electrons. The van der Waals surface area contributed by atoms with Crippen molar-refractivity contribution in [2.24, 2.45) is 0 Å². The first kappa shape index (κ1) is 28.6. The van der Waals surface area contributed by atoms with Gasteiger partial charge in [-0.3, -0.25) is 5.10 Å². The maximum atomic E-state index is 12.6. The molecule has 0 unspecified atom stereocenters. The highest BCUT2D eigenvalue weighted by atomic mass is 32.2. The summed E-state index contributed by atoms with van der Waals surface area (Å²) in [6.07, 6.45) is 1.69. The standard InChI is InChI=1S/C35H28N4O4S/c1-42-28-18-26(19-29(22-28)43-2)33-36-35(38-37-33)44-31(34(40)41)21-25-20-30(23-12-6-3-7-13-23)39(27-16-10-5-11-17-27)32(25)24-14-8-4-9-15-24/h3-22H,1-2H3,(H,40,41)(H,36,37,38)/b31-21-. The molecular formula is C35H28N4O4S. The van der Waals surface area contributed by atoms with Crippen molar-refractivity contribution in [3.63, 3.8) is 0 Å². The third kappa shape index (κ3) is 5.99. The van der Waals surface area contributed by atoms with Crippen LogP contribution in [0.15, 0.2) is 125 Å². The maximum Gasteiger partial charge on any atom is 0.342 e. The van der Waals surface area contributed by atoms with Gasteiger partial charge in [0.1, 0.15) is 16.4 Å². The van der Waals surface area contributed by atoms with E-state index in [4.69, 9.17) is 9.47 Å². The third-order valence-electron chi connectivity index (χ3n) is 6.95. The molecule has 44 heavy (non-hydrogen) atoms. The molecule has 2 N–H and O–H groups in total. The first-order valence-electron chi connectivity index (χ1n) is 13.7. The van der Waals surface area contributed by atoms with Crippen LogP contribution in [0.2, 0.25) is 0 Å². The van der Waals surface area contributed by atoms with Crippen molar-refractivity contribution in [1.29, 1.82) is 0 Å². The number of nitrogens with one attached hydrogen (secondary N) is 1. The van der Waals surface area contributed by atoms with Gasteiger partial charge in [0.15, 0.2) is 5.82 Å². The summed E-state index contributed by atoms with van der Waals surface area (Å²) in [6.45, 7) is 0. The van der Waals surface area contributed by atoms with Crippen LogP contribution in [-0.2, 0) is 4.79 Å². The molecule has 0 fully saturated rings. The first-order chi connectivity index (χ1) is 21.5. The molecule has 0 amide bonds. The molecule has 2 heterocycles.